The molecule has 1 aromatic heterocycles. The van der Waals surface area contributed by atoms with Crippen LogP contribution >= 0.6 is 43.2 Å². The summed E-state index contributed by atoms with van der Waals surface area (Å²) in [5.41, 5.74) is 0.251. The van der Waals surface area contributed by atoms with E-state index in [0.29, 0.717) is 6.04 Å². The van der Waals surface area contributed by atoms with E-state index in [0.717, 1.165) is 26.2 Å². The Balaban J connectivity index is 2.30. The van der Waals surface area contributed by atoms with Crippen LogP contribution in [0.15, 0.2) is 14.3 Å². The monoisotopic (exact) mass is 394 g/mol. The number of hydrogen-bond acceptors (Lipinski definition) is 3. The van der Waals surface area contributed by atoms with Crippen molar-refractivity contribution < 1.29 is 0 Å². The topological polar surface area (TPSA) is 15.3 Å². The highest BCUT2D eigenvalue weighted by Crippen LogP contribution is 2.44. The Kier molecular flexibility index (Phi) is 4.92. The normalized spacial score (nSPS) is 20.1. The minimum atomic E-state index is 0.251. The van der Waals surface area contributed by atoms with E-state index in [1.165, 1.54) is 13.1 Å². The summed E-state index contributed by atoms with van der Waals surface area (Å²) in [6, 6.07) is 2.76. The number of piperazine rings is 1. The summed E-state index contributed by atoms with van der Waals surface area (Å²) in [5, 5.41) is 3.43. The highest BCUT2D eigenvalue weighted by molar-refractivity contribution is 9.13. The molecule has 18 heavy (non-hydrogen) atoms. The Labute approximate surface area is 130 Å². The molecule has 0 bridgehead atoms. The molecule has 2 nitrogen and oxygen atoms in total. The fraction of sp³-hybridized carbons (Fsp3) is 0.692. The van der Waals surface area contributed by atoms with Crippen molar-refractivity contribution in [2.24, 2.45) is 5.41 Å². The van der Waals surface area contributed by atoms with Crippen LogP contribution in [0.4, 0.5) is 0 Å². The van der Waals surface area contributed by atoms with Crippen molar-refractivity contribution in [1.82, 2.24) is 10.2 Å². The molecule has 5 heteroatoms. The highest BCUT2D eigenvalue weighted by Gasteiger charge is 2.33. The van der Waals surface area contributed by atoms with Crippen LogP contribution < -0.4 is 5.32 Å². The second kappa shape index (κ2) is 5.92. The van der Waals surface area contributed by atoms with Crippen LogP contribution in [0, 0.1) is 5.41 Å². The van der Waals surface area contributed by atoms with Gasteiger partial charge >= 0.3 is 0 Å². The zero-order valence-electron chi connectivity index (χ0n) is 11.1. The lowest BCUT2D eigenvalue weighted by molar-refractivity contribution is 0.0888. The van der Waals surface area contributed by atoms with Crippen LogP contribution in [0.1, 0.15) is 31.7 Å². The maximum atomic E-state index is 3.62. The predicted octanol–water partition coefficient (Wildman–Crippen LogP) is 4.27. The smallest absolute Gasteiger partial charge is 0.0843 e. The lowest BCUT2D eigenvalue weighted by Crippen LogP contribution is -2.48. The summed E-state index contributed by atoms with van der Waals surface area (Å²) >= 11 is 9.07. The molecule has 1 fully saturated rings. The maximum Gasteiger partial charge on any atom is 0.0843 e. The van der Waals surface area contributed by atoms with Crippen molar-refractivity contribution in [3.8, 4) is 0 Å². The molecule has 0 aromatic carbocycles. The first-order chi connectivity index (χ1) is 8.39. The molecule has 1 N–H and O–H groups in total. The van der Waals surface area contributed by atoms with E-state index in [-0.39, 0.29) is 5.41 Å². The van der Waals surface area contributed by atoms with E-state index in [1.807, 2.05) is 11.3 Å². The first-order valence-electron chi connectivity index (χ1n) is 6.29. The Bertz CT molecular complexity index is 386. The SMILES string of the molecule is CC(C)(C)[C@H](c1cc(Br)c(Br)s1)N1CCNCC1. The Hall–Kier alpha value is 0.580. The van der Waals surface area contributed by atoms with Gasteiger partial charge in [0.05, 0.1) is 3.79 Å². The van der Waals surface area contributed by atoms with Gasteiger partial charge in [0.2, 0.25) is 0 Å². The summed E-state index contributed by atoms with van der Waals surface area (Å²) in [5.74, 6) is 0. The van der Waals surface area contributed by atoms with Gasteiger partial charge < -0.3 is 5.32 Å². The van der Waals surface area contributed by atoms with Gasteiger partial charge in [0.1, 0.15) is 0 Å². The van der Waals surface area contributed by atoms with Crippen molar-refractivity contribution in [3.63, 3.8) is 0 Å². The Morgan fingerprint density at radius 3 is 2.33 bits per heavy atom. The molecule has 0 spiro atoms. The van der Waals surface area contributed by atoms with E-state index in [1.54, 1.807) is 0 Å². The molecular formula is C13H20Br2N2S. The lowest BCUT2D eigenvalue weighted by Gasteiger charge is -2.41. The number of nitrogens with one attached hydrogen (secondary N) is 1. The molecule has 0 radical (unpaired) electrons. The third-order valence-electron chi connectivity index (χ3n) is 3.27. The second-order valence-electron chi connectivity index (χ2n) is 5.82. The van der Waals surface area contributed by atoms with Crippen LogP contribution in [0.25, 0.3) is 0 Å². The average molecular weight is 396 g/mol. The third-order valence-corrected chi connectivity index (χ3v) is 6.58. The molecule has 102 valence electrons. The van der Waals surface area contributed by atoms with Crippen LogP contribution in [0.3, 0.4) is 0 Å². The summed E-state index contributed by atoms with van der Waals surface area (Å²) in [6.07, 6.45) is 0. The van der Waals surface area contributed by atoms with Crippen molar-refractivity contribution >= 4 is 43.2 Å². The number of thiophene rings is 1. The van der Waals surface area contributed by atoms with Gasteiger partial charge in [-0.1, -0.05) is 20.8 Å². The summed E-state index contributed by atoms with van der Waals surface area (Å²) in [7, 11) is 0. The van der Waals surface area contributed by atoms with Crippen molar-refractivity contribution in [1.29, 1.82) is 0 Å². The van der Waals surface area contributed by atoms with Crippen molar-refractivity contribution in [3.05, 3.63) is 19.2 Å². The molecule has 1 atom stereocenters. The average Bonchev–Trinajstić information content (AvgIpc) is 2.58. The van der Waals surface area contributed by atoms with Gasteiger partial charge in [-0.3, -0.25) is 4.90 Å². The molecule has 2 heterocycles. The highest BCUT2D eigenvalue weighted by atomic mass is 79.9. The van der Waals surface area contributed by atoms with Gasteiger partial charge in [-0.2, -0.15) is 0 Å². The van der Waals surface area contributed by atoms with Crippen molar-refractivity contribution in [2.45, 2.75) is 26.8 Å². The molecule has 1 saturated heterocycles. The fourth-order valence-electron chi connectivity index (χ4n) is 2.59. The van der Waals surface area contributed by atoms with Crippen LogP contribution in [0.5, 0.6) is 0 Å². The molecule has 0 aliphatic carbocycles. The number of halogens is 2. The molecule has 1 aliphatic heterocycles. The van der Waals surface area contributed by atoms with Gasteiger partial charge in [0, 0.05) is 41.6 Å². The number of hydrogen-bond donors (Lipinski definition) is 1. The van der Waals surface area contributed by atoms with Crippen LogP contribution in [-0.2, 0) is 0 Å². The molecule has 1 aromatic rings. The largest absolute Gasteiger partial charge is 0.314 e. The zero-order chi connectivity index (χ0) is 13.3. The molecule has 0 unspecified atom stereocenters. The van der Waals surface area contributed by atoms with E-state index in [4.69, 9.17) is 0 Å². The van der Waals surface area contributed by atoms with E-state index < -0.39 is 0 Å². The first kappa shape index (κ1) is 15.0. The molecule has 2 rings (SSSR count). The first-order valence-corrected chi connectivity index (χ1v) is 8.69. The van der Waals surface area contributed by atoms with Crippen LogP contribution in [-0.4, -0.2) is 31.1 Å². The fourth-order valence-corrected chi connectivity index (χ4v) is 5.06. The third kappa shape index (κ3) is 3.37. The van der Waals surface area contributed by atoms with Gasteiger partial charge in [-0.05, 0) is 43.3 Å². The Morgan fingerprint density at radius 1 is 1.28 bits per heavy atom. The quantitative estimate of drug-likeness (QED) is 0.804. The number of rotatable bonds is 2. The van der Waals surface area contributed by atoms with Gasteiger partial charge in [-0.15, -0.1) is 11.3 Å². The molecular weight excluding hydrogens is 376 g/mol. The lowest BCUT2D eigenvalue weighted by atomic mass is 9.84. The minimum Gasteiger partial charge on any atom is -0.314 e. The van der Waals surface area contributed by atoms with Gasteiger partial charge in [0.25, 0.3) is 0 Å². The Morgan fingerprint density at radius 2 is 1.89 bits per heavy atom. The zero-order valence-corrected chi connectivity index (χ0v) is 15.1. The van der Waals surface area contributed by atoms with E-state index in [2.05, 4.69) is 68.9 Å². The van der Waals surface area contributed by atoms with Gasteiger partial charge in [0.15, 0.2) is 0 Å². The molecule has 0 amide bonds. The number of nitrogens with zero attached hydrogens (tertiary/aromatic N) is 1. The van der Waals surface area contributed by atoms with Gasteiger partial charge in [-0.25, -0.2) is 0 Å². The predicted molar refractivity (Wildman–Crippen MR) is 86.4 cm³/mol. The van der Waals surface area contributed by atoms with E-state index in [9.17, 15) is 0 Å². The summed E-state index contributed by atoms with van der Waals surface area (Å²) in [6.45, 7) is 11.5. The molecule has 0 saturated carbocycles. The van der Waals surface area contributed by atoms with Crippen molar-refractivity contribution in [2.75, 3.05) is 26.2 Å². The summed E-state index contributed by atoms with van der Waals surface area (Å²) < 4.78 is 2.37. The summed E-state index contributed by atoms with van der Waals surface area (Å²) in [4.78, 5) is 4.06. The molecule has 1 aliphatic rings. The minimum absolute atomic E-state index is 0.251. The maximum absolute atomic E-state index is 3.62. The second-order valence-corrected chi connectivity index (χ2v) is 9.08. The van der Waals surface area contributed by atoms with Crippen LogP contribution in [0.2, 0.25) is 0 Å². The van der Waals surface area contributed by atoms with E-state index >= 15 is 0 Å². The standard InChI is InChI=1S/C13H20Br2N2S/c1-13(2,3)11(17-6-4-16-5-7-17)10-8-9(14)12(15)18-10/h8,11,16H,4-7H2,1-3H3/t11-/m0/s1.